The minimum atomic E-state index is -0.0989. The number of nitrogens with one attached hydrogen (secondary N) is 1. The molecule has 2 rings (SSSR count). The molecular weight excluding hydrogens is 318 g/mol. The zero-order valence-corrected chi connectivity index (χ0v) is 15.1. The molecule has 0 saturated carbocycles. The summed E-state index contributed by atoms with van der Waals surface area (Å²) < 4.78 is 0. The Kier molecular flexibility index (Phi) is 5.86. The Morgan fingerprint density at radius 2 is 2.18 bits per heavy atom. The van der Waals surface area contributed by atoms with Gasteiger partial charge in [0.1, 0.15) is 5.69 Å². The summed E-state index contributed by atoms with van der Waals surface area (Å²) in [5.74, 6) is 0.310. The van der Waals surface area contributed by atoms with Gasteiger partial charge in [-0.2, -0.15) is 0 Å². The van der Waals surface area contributed by atoms with E-state index in [9.17, 15) is 9.59 Å². The number of carbonyl (C=O) groups excluding carboxylic acids is 2. The fourth-order valence-electron chi connectivity index (χ4n) is 2.40. The molecule has 1 amide bonds. The van der Waals surface area contributed by atoms with Gasteiger partial charge in [0.25, 0.3) is 5.91 Å². The van der Waals surface area contributed by atoms with E-state index in [1.807, 2.05) is 5.38 Å². The lowest BCUT2D eigenvalue weighted by Crippen LogP contribution is -2.49. The van der Waals surface area contributed by atoms with Gasteiger partial charge in [-0.1, -0.05) is 32.5 Å². The molecule has 0 radical (unpaired) electrons. The van der Waals surface area contributed by atoms with Crippen molar-refractivity contribution in [1.29, 1.82) is 0 Å². The molecule has 0 bridgehead atoms. The molecule has 22 heavy (non-hydrogen) atoms. The lowest BCUT2D eigenvalue weighted by atomic mass is 10.0. The Morgan fingerprint density at radius 3 is 2.73 bits per heavy atom. The fraction of sp³-hybridized carbons (Fsp3) is 0.667. The Labute approximate surface area is 139 Å². The van der Waals surface area contributed by atoms with Gasteiger partial charge < -0.3 is 10.2 Å². The second kappa shape index (κ2) is 7.46. The first-order chi connectivity index (χ1) is 10.4. The maximum Gasteiger partial charge on any atom is 0.271 e. The van der Waals surface area contributed by atoms with E-state index in [2.05, 4.69) is 36.0 Å². The Morgan fingerprint density at radius 1 is 1.50 bits per heavy atom. The molecule has 0 spiro atoms. The van der Waals surface area contributed by atoms with Crippen molar-refractivity contribution in [2.24, 2.45) is 5.92 Å². The first-order valence-electron chi connectivity index (χ1n) is 7.59. The van der Waals surface area contributed by atoms with Gasteiger partial charge in [0.05, 0.1) is 0 Å². The van der Waals surface area contributed by atoms with Crippen molar-refractivity contribution in [3.63, 3.8) is 0 Å². The van der Waals surface area contributed by atoms with Crippen LogP contribution >= 0.6 is 23.1 Å². The number of nitrogens with zero attached hydrogens (tertiary/aromatic N) is 2. The number of thioether (sulfide) groups is 1. The highest BCUT2D eigenvalue weighted by Gasteiger charge is 2.31. The number of aromatic nitrogens is 1. The largest absolute Gasteiger partial charge is 0.348 e. The second-order valence-corrected chi connectivity index (χ2v) is 8.20. The second-order valence-electron chi connectivity index (χ2n) is 5.88. The van der Waals surface area contributed by atoms with Crippen molar-refractivity contribution in [2.75, 3.05) is 18.0 Å². The molecule has 1 aliphatic heterocycles. The minimum Gasteiger partial charge on any atom is -0.348 e. The van der Waals surface area contributed by atoms with Gasteiger partial charge in [0, 0.05) is 36.7 Å². The molecule has 1 fully saturated rings. The molecule has 1 aliphatic rings. The van der Waals surface area contributed by atoms with E-state index in [0.717, 1.165) is 24.6 Å². The van der Waals surface area contributed by atoms with E-state index < -0.39 is 0 Å². The van der Waals surface area contributed by atoms with Gasteiger partial charge in [-0.05, 0) is 12.3 Å². The number of rotatable bonds is 6. The number of carbonyl (C=O) groups is 2. The van der Waals surface area contributed by atoms with Crippen LogP contribution < -0.4 is 10.2 Å². The van der Waals surface area contributed by atoms with E-state index in [-0.39, 0.29) is 17.1 Å². The van der Waals surface area contributed by atoms with Crippen LogP contribution in [0.1, 0.15) is 44.6 Å². The predicted octanol–water partition coefficient (Wildman–Crippen LogP) is 2.78. The number of hydrogen-bond acceptors (Lipinski definition) is 6. The number of anilines is 1. The number of amides is 1. The third-order valence-electron chi connectivity index (χ3n) is 3.74. The Balaban J connectivity index is 1.89. The van der Waals surface area contributed by atoms with Gasteiger partial charge in [0.2, 0.25) is 0 Å². The van der Waals surface area contributed by atoms with Crippen LogP contribution in [0, 0.1) is 5.92 Å². The SMILES string of the molecule is CC[C@@H](NC(=O)c1csc(N2CC(SC(C)=O)C2)n1)C(C)C. The quantitative estimate of drug-likeness (QED) is 0.862. The highest BCUT2D eigenvalue weighted by atomic mass is 32.2. The maximum absolute atomic E-state index is 12.2. The number of thiazole rings is 1. The highest BCUT2D eigenvalue weighted by Crippen LogP contribution is 2.30. The summed E-state index contributed by atoms with van der Waals surface area (Å²) in [6.45, 7) is 9.52. The van der Waals surface area contributed by atoms with Crippen LogP contribution in [0.4, 0.5) is 5.13 Å². The Bertz CT molecular complexity index is 539. The molecule has 7 heteroatoms. The molecule has 0 unspecified atom stereocenters. The summed E-state index contributed by atoms with van der Waals surface area (Å²) in [4.78, 5) is 29.8. The van der Waals surface area contributed by atoms with Crippen molar-refractivity contribution in [1.82, 2.24) is 10.3 Å². The van der Waals surface area contributed by atoms with Crippen molar-refractivity contribution < 1.29 is 9.59 Å². The summed E-state index contributed by atoms with van der Waals surface area (Å²) in [5.41, 5.74) is 0.488. The smallest absolute Gasteiger partial charge is 0.271 e. The van der Waals surface area contributed by atoms with Crippen LogP contribution in [-0.2, 0) is 4.79 Å². The summed E-state index contributed by atoms with van der Waals surface area (Å²) in [6.07, 6.45) is 0.913. The van der Waals surface area contributed by atoms with Crippen LogP contribution in [-0.4, -0.2) is 40.4 Å². The molecule has 1 aromatic heterocycles. The summed E-state index contributed by atoms with van der Waals surface area (Å²) in [6, 6.07) is 0.179. The van der Waals surface area contributed by atoms with Crippen LogP contribution in [0.25, 0.3) is 0 Å². The fourth-order valence-corrected chi connectivity index (χ4v) is 4.20. The molecule has 2 heterocycles. The van der Waals surface area contributed by atoms with Gasteiger partial charge in [-0.15, -0.1) is 11.3 Å². The molecule has 5 nitrogen and oxygen atoms in total. The summed E-state index contributed by atoms with van der Waals surface area (Å²) >= 11 is 2.87. The van der Waals surface area contributed by atoms with E-state index >= 15 is 0 Å². The standard InChI is InChI=1S/C15H23N3O2S2/c1-5-12(9(2)3)16-14(20)13-8-21-15(17-13)18-6-11(7-18)22-10(4)19/h8-9,11-12H,5-7H2,1-4H3,(H,16,20)/t12-/m1/s1. The Hall–Kier alpha value is -1.08. The van der Waals surface area contributed by atoms with Crippen molar-refractivity contribution in [3.05, 3.63) is 11.1 Å². The van der Waals surface area contributed by atoms with Crippen LogP contribution in [0.3, 0.4) is 0 Å². The van der Waals surface area contributed by atoms with Gasteiger partial charge in [-0.3, -0.25) is 9.59 Å². The first kappa shape index (κ1) is 17.3. The maximum atomic E-state index is 12.2. The van der Waals surface area contributed by atoms with Gasteiger partial charge >= 0.3 is 0 Å². The lowest BCUT2D eigenvalue weighted by molar-refractivity contribution is -0.109. The molecule has 1 aromatic rings. The third-order valence-corrected chi connectivity index (χ3v) is 5.60. The molecule has 0 aromatic carbocycles. The average Bonchev–Trinajstić information content (AvgIpc) is 2.88. The first-order valence-corrected chi connectivity index (χ1v) is 9.35. The van der Waals surface area contributed by atoms with Crippen LogP contribution in [0.15, 0.2) is 5.38 Å². The van der Waals surface area contributed by atoms with Crippen LogP contribution in [0.2, 0.25) is 0 Å². The molecule has 1 atom stereocenters. The lowest BCUT2D eigenvalue weighted by Gasteiger charge is -2.37. The predicted molar refractivity (Wildman–Crippen MR) is 92.8 cm³/mol. The molecule has 122 valence electrons. The topological polar surface area (TPSA) is 62.3 Å². The zero-order chi connectivity index (χ0) is 16.3. The normalized spacial score (nSPS) is 16.5. The summed E-state index contributed by atoms with van der Waals surface area (Å²) in [7, 11) is 0. The monoisotopic (exact) mass is 341 g/mol. The summed E-state index contributed by atoms with van der Waals surface area (Å²) in [5, 5.41) is 6.22. The van der Waals surface area contributed by atoms with Crippen molar-refractivity contribution >= 4 is 39.3 Å². The van der Waals surface area contributed by atoms with Gasteiger partial charge in [0.15, 0.2) is 10.2 Å². The zero-order valence-electron chi connectivity index (χ0n) is 13.5. The highest BCUT2D eigenvalue weighted by molar-refractivity contribution is 8.14. The van der Waals surface area contributed by atoms with Crippen molar-refractivity contribution in [3.8, 4) is 0 Å². The van der Waals surface area contributed by atoms with E-state index in [1.165, 1.54) is 23.1 Å². The van der Waals surface area contributed by atoms with E-state index in [4.69, 9.17) is 0 Å². The van der Waals surface area contributed by atoms with E-state index in [0.29, 0.717) is 16.9 Å². The molecular formula is C15H23N3O2S2. The molecule has 1 N–H and O–H groups in total. The molecule has 1 saturated heterocycles. The van der Waals surface area contributed by atoms with Crippen molar-refractivity contribution in [2.45, 2.75) is 45.4 Å². The average molecular weight is 342 g/mol. The molecule has 0 aliphatic carbocycles. The van der Waals surface area contributed by atoms with Gasteiger partial charge in [-0.25, -0.2) is 4.98 Å². The minimum absolute atomic E-state index is 0.0989. The third kappa shape index (κ3) is 4.23. The van der Waals surface area contributed by atoms with Crippen LogP contribution in [0.5, 0.6) is 0 Å². The number of hydrogen-bond donors (Lipinski definition) is 1. The van der Waals surface area contributed by atoms with E-state index in [1.54, 1.807) is 6.92 Å².